The third-order valence-electron chi connectivity index (χ3n) is 3.48. The number of hydrogen-bond donors (Lipinski definition) is 2. The number of carbonyl (C=O) groups excluding carboxylic acids is 1. The molecule has 116 valence electrons. The summed E-state index contributed by atoms with van der Waals surface area (Å²) >= 11 is 1.57. The molecule has 2 N–H and O–H groups in total. The molecule has 1 aliphatic rings. The van der Waals surface area contributed by atoms with Gasteiger partial charge >= 0.3 is 6.03 Å². The predicted octanol–water partition coefficient (Wildman–Crippen LogP) is 1.34. The lowest BCUT2D eigenvalue weighted by Gasteiger charge is -2.17. The van der Waals surface area contributed by atoms with E-state index in [-0.39, 0.29) is 17.1 Å². The predicted molar refractivity (Wildman–Crippen MR) is 79.8 cm³/mol. The Kier molecular flexibility index (Phi) is 4.31. The SMILES string of the molecule is C=CCN1C(=O)N(c2cc(C(C)(C)SC)on2)C(O)C1O. The van der Waals surface area contributed by atoms with E-state index in [1.807, 2.05) is 20.1 Å². The van der Waals surface area contributed by atoms with Crippen molar-refractivity contribution in [2.24, 2.45) is 0 Å². The van der Waals surface area contributed by atoms with E-state index in [1.54, 1.807) is 17.8 Å². The molecular formula is C13H19N3O4S. The molecule has 7 nitrogen and oxygen atoms in total. The fraction of sp³-hybridized carbons (Fsp3) is 0.538. The van der Waals surface area contributed by atoms with Gasteiger partial charge in [-0.05, 0) is 20.1 Å². The van der Waals surface area contributed by atoms with Gasteiger partial charge in [0, 0.05) is 12.6 Å². The lowest BCUT2D eigenvalue weighted by atomic mass is 10.1. The van der Waals surface area contributed by atoms with Crippen molar-refractivity contribution in [1.29, 1.82) is 0 Å². The van der Waals surface area contributed by atoms with E-state index in [0.29, 0.717) is 5.76 Å². The number of hydrogen-bond acceptors (Lipinski definition) is 6. The highest BCUT2D eigenvalue weighted by atomic mass is 32.2. The normalized spacial score (nSPS) is 23.0. The summed E-state index contributed by atoms with van der Waals surface area (Å²) in [4.78, 5) is 14.4. The van der Waals surface area contributed by atoms with Crippen LogP contribution in [0.25, 0.3) is 0 Å². The summed E-state index contributed by atoms with van der Waals surface area (Å²) in [6.45, 7) is 7.58. The summed E-state index contributed by atoms with van der Waals surface area (Å²) in [6.07, 6.45) is 0.688. The molecule has 0 aliphatic carbocycles. The maximum absolute atomic E-state index is 12.2. The number of thioether (sulfide) groups is 1. The first kappa shape index (κ1) is 15.9. The summed E-state index contributed by atoms with van der Waals surface area (Å²) in [5.74, 6) is 0.761. The molecule has 0 aromatic carbocycles. The first-order valence-corrected chi connectivity index (χ1v) is 7.65. The Morgan fingerprint density at radius 1 is 1.52 bits per heavy atom. The zero-order valence-electron chi connectivity index (χ0n) is 12.2. The Hall–Kier alpha value is -1.51. The minimum absolute atomic E-state index is 0.134. The summed E-state index contributed by atoms with van der Waals surface area (Å²) < 4.78 is 4.96. The van der Waals surface area contributed by atoms with Crippen LogP contribution in [0, 0.1) is 0 Å². The zero-order valence-corrected chi connectivity index (χ0v) is 13.0. The Labute approximate surface area is 127 Å². The Balaban J connectivity index is 2.30. The third kappa shape index (κ3) is 2.66. The fourth-order valence-electron chi connectivity index (χ4n) is 1.98. The zero-order chi connectivity index (χ0) is 15.8. The van der Waals surface area contributed by atoms with Crippen molar-refractivity contribution >= 4 is 23.6 Å². The number of rotatable bonds is 5. The number of aliphatic hydroxyl groups is 2. The second kappa shape index (κ2) is 5.70. The fourth-order valence-corrected chi connectivity index (χ4v) is 2.28. The molecule has 1 saturated heterocycles. The van der Waals surface area contributed by atoms with Crippen LogP contribution in [-0.4, -0.2) is 51.6 Å². The van der Waals surface area contributed by atoms with Crippen molar-refractivity contribution in [3.8, 4) is 0 Å². The van der Waals surface area contributed by atoms with Gasteiger partial charge in [-0.25, -0.2) is 9.69 Å². The van der Waals surface area contributed by atoms with Gasteiger partial charge < -0.3 is 14.7 Å². The molecule has 8 heteroatoms. The average Bonchev–Trinajstić information content (AvgIpc) is 3.00. The molecule has 1 aromatic rings. The van der Waals surface area contributed by atoms with Crippen LogP contribution in [-0.2, 0) is 4.75 Å². The van der Waals surface area contributed by atoms with Crippen LogP contribution in [0.4, 0.5) is 10.6 Å². The van der Waals surface area contributed by atoms with Crippen LogP contribution < -0.4 is 4.90 Å². The molecule has 2 heterocycles. The third-order valence-corrected chi connectivity index (χ3v) is 4.70. The second-order valence-corrected chi connectivity index (χ2v) is 6.61. The first-order chi connectivity index (χ1) is 9.83. The topological polar surface area (TPSA) is 90.0 Å². The molecule has 1 aromatic heterocycles. The van der Waals surface area contributed by atoms with E-state index < -0.39 is 18.5 Å². The number of urea groups is 1. The standard InChI is InChI=1S/C13H19N3O4S/c1-5-6-15-10(17)11(18)16(12(15)19)9-7-8(20-14-9)13(2,3)21-4/h5,7,10-11,17-18H,1,6H2,2-4H3. The monoisotopic (exact) mass is 313 g/mol. The summed E-state index contributed by atoms with van der Waals surface area (Å²) in [6, 6.07) is 1.05. The van der Waals surface area contributed by atoms with Crippen LogP contribution in [0.5, 0.6) is 0 Å². The van der Waals surface area contributed by atoms with Crippen LogP contribution in [0.15, 0.2) is 23.2 Å². The van der Waals surface area contributed by atoms with Crippen LogP contribution in [0.3, 0.4) is 0 Å². The van der Waals surface area contributed by atoms with E-state index in [1.165, 1.54) is 6.08 Å². The number of carbonyl (C=O) groups is 1. The number of anilines is 1. The quantitative estimate of drug-likeness (QED) is 0.797. The molecule has 2 unspecified atom stereocenters. The van der Waals surface area contributed by atoms with Gasteiger partial charge in [0.2, 0.25) is 0 Å². The molecule has 1 fully saturated rings. The van der Waals surface area contributed by atoms with E-state index in [0.717, 1.165) is 9.80 Å². The minimum Gasteiger partial charge on any atom is -0.369 e. The minimum atomic E-state index is -1.40. The lowest BCUT2D eigenvalue weighted by Crippen LogP contribution is -2.37. The molecule has 0 radical (unpaired) electrons. The van der Waals surface area contributed by atoms with Crippen molar-refractivity contribution in [3.63, 3.8) is 0 Å². The lowest BCUT2D eigenvalue weighted by molar-refractivity contribution is -0.0236. The summed E-state index contributed by atoms with van der Waals surface area (Å²) in [5.41, 5.74) is 0. The molecule has 2 atom stereocenters. The van der Waals surface area contributed by atoms with Crippen molar-refractivity contribution in [3.05, 3.63) is 24.5 Å². The molecule has 0 bridgehead atoms. The van der Waals surface area contributed by atoms with Gasteiger partial charge in [-0.15, -0.1) is 6.58 Å². The molecule has 2 rings (SSSR count). The number of aliphatic hydroxyl groups excluding tert-OH is 2. The number of nitrogens with zero attached hydrogens (tertiary/aromatic N) is 3. The van der Waals surface area contributed by atoms with Gasteiger partial charge in [-0.2, -0.15) is 11.8 Å². The smallest absolute Gasteiger partial charge is 0.330 e. The summed E-state index contributed by atoms with van der Waals surface area (Å²) in [7, 11) is 0. The van der Waals surface area contributed by atoms with Crippen molar-refractivity contribution in [2.75, 3.05) is 17.7 Å². The van der Waals surface area contributed by atoms with E-state index >= 15 is 0 Å². The van der Waals surface area contributed by atoms with Crippen LogP contribution in [0.1, 0.15) is 19.6 Å². The Morgan fingerprint density at radius 3 is 2.76 bits per heavy atom. The van der Waals surface area contributed by atoms with Crippen LogP contribution >= 0.6 is 11.8 Å². The van der Waals surface area contributed by atoms with E-state index in [4.69, 9.17) is 4.52 Å². The average molecular weight is 313 g/mol. The number of aromatic nitrogens is 1. The van der Waals surface area contributed by atoms with Gasteiger partial charge in [0.15, 0.2) is 24.0 Å². The first-order valence-electron chi connectivity index (χ1n) is 6.42. The largest absolute Gasteiger partial charge is 0.369 e. The molecular weight excluding hydrogens is 294 g/mol. The van der Waals surface area contributed by atoms with Crippen molar-refractivity contribution < 1.29 is 19.5 Å². The maximum atomic E-state index is 12.2. The maximum Gasteiger partial charge on any atom is 0.330 e. The van der Waals surface area contributed by atoms with Gasteiger partial charge in [-0.3, -0.25) is 4.90 Å². The van der Waals surface area contributed by atoms with Crippen LogP contribution in [0.2, 0.25) is 0 Å². The molecule has 0 saturated carbocycles. The molecule has 2 amide bonds. The van der Waals surface area contributed by atoms with Gasteiger partial charge in [0.05, 0.1) is 4.75 Å². The Bertz CT molecular complexity index is 545. The highest BCUT2D eigenvalue weighted by Gasteiger charge is 2.46. The molecule has 21 heavy (non-hydrogen) atoms. The second-order valence-electron chi connectivity index (χ2n) is 5.18. The summed E-state index contributed by atoms with van der Waals surface area (Å²) in [5, 5.41) is 23.8. The number of amides is 2. The molecule has 0 spiro atoms. The van der Waals surface area contributed by atoms with E-state index in [9.17, 15) is 15.0 Å². The molecule has 1 aliphatic heterocycles. The van der Waals surface area contributed by atoms with Gasteiger partial charge in [-0.1, -0.05) is 11.2 Å². The Morgan fingerprint density at radius 2 is 2.19 bits per heavy atom. The highest BCUT2D eigenvalue weighted by molar-refractivity contribution is 7.99. The van der Waals surface area contributed by atoms with Gasteiger partial charge in [0.25, 0.3) is 0 Å². The van der Waals surface area contributed by atoms with E-state index in [2.05, 4.69) is 11.7 Å². The van der Waals surface area contributed by atoms with Crippen molar-refractivity contribution in [1.82, 2.24) is 10.1 Å². The van der Waals surface area contributed by atoms with Crippen molar-refractivity contribution in [2.45, 2.75) is 31.1 Å². The van der Waals surface area contributed by atoms with Gasteiger partial charge in [0.1, 0.15) is 0 Å². The highest BCUT2D eigenvalue weighted by Crippen LogP contribution is 2.36.